The van der Waals surface area contributed by atoms with Gasteiger partial charge in [-0.3, -0.25) is 14.4 Å². The lowest BCUT2D eigenvalue weighted by Gasteiger charge is -2.20. The number of nitrogens with two attached hydrogens (primary N) is 2. The molecule has 13 heteroatoms. The molecule has 0 saturated carbocycles. The largest absolute Gasteiger partial charge is 0.382 e. The number of benzene rings is 3. The summed E-state index contributed by atoms with van der Waals surface area (Å²) < 4.78 is 0. The molecule has 2 aromatic heterocycles. The highest BCUT2D eigenvalue weighted by atomic mass is 16.2. The van der Waals surface area contributed by atoms with E-state index in [2.05, 4.69) is 35.9 Å². The lowest BCUT2D eigenvalue weighted by atomic mass is 10.1. The van der Waals surface area contributed by atoms with E-state index in [0.717, 1.165) is 5.69 Å². The van der Waals surface area contributed by atoms with Crippen molar-refractivity contribution in [1.82, 2.24) is 25.3 Å². The maximum atomic E-state index is 13.2. The minimum atomic E-state index is -0.958. The molecule has 0 bridgehead atoms. The van der Waals surface area contributed by atoms with Gasteiger partial charge >= 0.3 is 0 Å². The van der Waals surface area contributed by atoms with Crippen molar-refractivity contribution in [3.8, 4) is 0 Å². The Morgan fingerprint density at radius 2 is 1.47 bits per heavy atom. The van der Waals surface area contributed by atoms with Crippen molar-refractivity contribution in [2.45, 2.75) is 25.4 Å². The molecule has 0 fully saturated rings. The summed E-state index contributed by atoms with van der Waals surface area (Å²) in [7, 11) is 1.87. The van der Waals surface area contributed by atoms with E-state index >= 15 is 0 Å². The Kier molecular flexibility index (Phi) is 9.38. The van der Waals surface area contributed by atoms with Crippen LogP contribution in [0.3, 0.4) is 0 Å². The van der Waals surface area contributed by atoms with Gasteiger partial charge < -0.3 is 32.3 Å². The maximum absolute atomic E-state index is 13.2. The number of nitrogens with one attached hydrogen (secondary N) is 3. The quantitative estimate of drug-likeness (QED) is 0.149. The molecule has 0 aliphatic heterocycles. The summed E-state index contributed by atoms with van der Waals surface area (Å²) in [5.41, 5.74) is 15.3. The van der Waals surface area contributed by atoms with E-state index < -0.39 is 17.9 Å². The number of hydrogen-bond acceptors (Lipinski definition) is 10. The van der Waals surface area contributed by atoms with Crippen LogP contribution in [0.2, 0.25) is 0 Å². The average molecular weight is 605 g/mol. The first-order valence-corrected chi connectivity index (χ1v) is 14.1. The molecule has 0 saturated heterocycles. The van der Waals surface area contributed by atoms with E-state index in [0.29, 0.717) is 40.3 Å². The van der Waals surface area contributed by atoms with Crippen LogP contribution in [0.1, 0.15) is 28.9 Å². The third kappa shape index (κ3) is 8.04. The number of aromatic nitrogens is 4. The summed E-state index contributed by atoms with van der Waals surface area (Å²) in [5, 5.41) is 8.41. The lowest BCUT2D eigenvalue weighted by molar-refractivity contribution is -0.119. The molecular weight excluding hydrogens is 572 g/mol. The van der Waals surface area contributed by atoms with Crippen LogP contribution in [0.4, 0.5) is 28.8 Å². The van der Waals surface area contributed by atoms with Gasteiger partial charge in [-0.05, 0) is 55.0 Å². The van der Waals surface area contributed by atoms with E-state index in [4.69, 9.17) is 11.5 Å². The highest BCUT2D eigenvalue weighted by molar-refractivity contribution is 6.01. The summed E-state index contributed by atoms with van der Waals surface area (Å²) >= 11 is 0. The van der Waals surface area contributed by atoms with E-state index in [1.54, 1.807) is 66.9 Å². The zero-order valence-electron chi connectivity index (χ0n) is 24.5. The first kappa shape index (κ1) is 30.4. The smallest absolute Gasteiger partial charge is 0.251 e. The van der Waals surface area contributed by atoms with Gasteiger partial charge in [0, 0.05) is 36.1 Å². The van der Waals surface area contributed by atoms with Crippen LogP contribution < -0.4 is 32.3 Å². The van der Waals surface area contributed by atoms with E-state index in [-0.39, 0.29) is 30.5 Å². The Morgan fingerprint density at radius 3 is 2.13 bits per heavy atom. The van der Waals surface area contributed by atoms with Crippen LogP contribution in [-0.4, -0.2) is 50.7 Å². The Balaban J connectivity index is 1.24. The molecule has 7 N–H and O–H groups in total. The van der Waals surface area contributed by atoms with E-state index in [1.807, 2.05) is 36.2 Å². The van der Waals surface area contributed by atoms with E-state index in [1.165, 1.54) is 0 Å². The van der Waals surface area contributed by atoms with Crippen molar-refractivity contribution >= 4 is 57.7 Å². The Labute approximate surface area is 259 Å². The average Bonchev–Trinajstić information content (AvgIpc) is 3.04. The maximum Gasteiger partial charge on any atom is 0.251 e. The molecule has 2 heterocycles. The van der Waals surface area contributed by atoms with Crippen molar-refractivity contribution in [2.75, 3.05) is 34.0 Å². The molecule has 0 spiro atoms. The number of nitrogen functional groups attached to an aromatic ring is 2. The highest BCUT2D eigenvalue weighted by Gasteiger charge is 2.23. The number of hydrogen-bond donors (Lipinski definition) is 5. The summed E-state index contributed by atoms with van der Waals surface area (Å²) in [5.74, 6) is -0.965. The molecular formula is C32H32N10O3. The Bertz CT molecular complexity index is 1800. The molecule has 0 radical (unpaired) electrons. The number of para-hydroxylation sites is 2. The highest BCUT2D eigenvalue weighted by Crippen LogP contribution is 2.19. The topological polar surface area (TPSA) is 194 Å². The minimum Gasteiger partial charge on any atom is -0.382 e. The third-order valence-electron chi connectivity index (χ3n) is 6.85. The van der Waals surface area contributed by atoms with Crippen LogP contribution >= 0.6 is 0 Å². The molecule has 45 heavy (non-hydrogen) atoms. The fourth-order valence-electron chi connectivity index (χ4n) is 4.54. The predicted molar refractivity (Wildman–Crippen MR) is 173 cm³/mol. The fraction of sp³-hybridized carbons (Fsp3) is 0.156. The van der Waals surface area contributed by atoms with Gasteiger partial charge in [-0.25, -0.2) is 9.97 Å². The Morgan fingerprint density at radius 1 is 0.822 bits per heavy atom. The van der Waals surface area contributed by atoms with Gasteiger partial charge in [0.1, 0.15) is 6.04 Å². The predicted octanol–water partition coefficient (Wildman–Crippen LogP) is 3.38. The van der Waals surface area contributed by atoms with Crippen molar-refractivity contribution in [3.63, 3.8) is 0 Å². The molecule has 0 aliphatic rings. The van der Waals surface area contributed by atoms with Crippen LogP contribution in [0.15, 0.2) is 91.1 Å². The number of rotatable bonds is 11. The van der Waals surface area contributed by atoms with Crippen LogP contribution in [0, 0.1) is 0 Å². The first-order valence-electron chi connectivity index (χ1n) is 14.1. The number of carbonyl (C=O) groups excluding carboxylic acids is 3. The van der Waals surface area contributed by atoms with Crippen molar-refractivity contribution in [1.29, 1.82) is 0 Å². The van der Waals surface area contributed by atoms with Gasteiger partial charge in [0.25, 0.3) is 5.91 Å². The second kappa shape index (κ2) is 13.9. The number of anilines is 5. The molecule has 0 aliphatic carbocycles. The van der Waals surface area contributed by atoms with Crippen LogP contribution in [0.25, 0.3) is 11.2 Å². The summed E-state index contributed by atoms with van der Waals surface area (Å²) in [6.45, 7) is 0.394. The molecule has 5 aromatic rings. The standard InChI is InChI=1S/C32H32N10O3/c1-42(19-23-18-35-29-27(37-23)28(33)40-32(34)41-29)24-14-12-20(13-15-24)30(44)39-25(31(45)38-22-10-6-3-7-11-22)16-17-26(43)36-21-8-4-2-5-9-21/h2-15,18,25H,16-17,19H2,1H3,(H,36,43)(H,38,45)(H,39,44)(H4,33,34,35,40,41). The van der Waals surface area contributed by atoms with Crippen LogP contribution in [-0.2, 0) is 16.1 Å². The van der Waals surface area contributed by atoms with Gasteiger partial charge in [0.2, 0.25) is 17.8 Å². The van der Waals surface area contributed by atoms with Gasteiger partial charge in [-0.15, -0.1) is 0 Å². The summed E-state index contributed by atoms with van der Waals surface area (Å²) in [6, 6.07) is 23.9. The number of nitrogens with zero attached hydrogens (tertiary/aromatic N) is 5. The number of amides is 3. The van der Waals surface area contributed by atoms with Crippen molar-refractivity contribution in [2.24, 2.45) is 0 Å². The van der Waals surface area contributed by atoms with Crippen LogP contribution in [0.5, 0.6) is 0 Å². The fourth-order valence-corrected chi connectivity index (χ4v) is 4.54. The van der Waals surface area contributed by atoms with Gasteiger partial charge in [0.15, 0.2) is 17.0 Å². The zero-order valence-corrected chi connectivity index (χ0v) is 24.5. The van der Waals surface area contributed by atoms with Gasteiger partial charge in [-0.2, -0.15) is 9.97 Å². The SMILES string of the molecule is CN(Cc1cnc2nc(N)nc(N)c2n1)c1ccc(C(=O)NC(CCC(=O)Nc2ccccc2)C(=O)Nc2ccccc2)cc1. The second-order valence-electron chi connectivity index (χ2n) is 10.2. The normalized spacial score (nSPS) is 11.4. The third-order valence-corrected chi connectivity index (χ3v) is 6.85. The van der Waals surface area contributed by atoms with Crippen molar-refractivity contribution < 1.29 is 14.4 Å². The molecule has 3 aromatic carbocycles. The lowest BCUT2D eigenvalue weighted by Crippen LogP contribution is -2.44. The first-order chi connectivity index (χ1) is 21.7. The van der Waals surface area contributed by atoms with Crippen molar-refractivity contribution in [3.05, 3.63) is 102 Å². The molecule has 3 amide bonds. The van der Waals surface area contributed by atoms with E-state index in [9.17, 15) is 14.4 Å². The Hall–Kier alpha value is -6.11. The molecule has 13 nitrogen and oxygen atoms in total. The monoisotopic (exact) mass is 604 g/mol. The van der Waals surface area contributed by atoms with Gasteiger partial charge in [0.05, 0.1) is 18.4 Å². The number of fused-ring (bicyclic) bond motifs is 1. The zero-order chi connectivity index (χ0) is 31.8. The van der Waals surface area contributed by atoms with Gasteiger partial charge in [-0.1, -0.05) is 36.4 Å². The minimum absolute atomic E-state index is 0.0224. The summed E-state index contributed by atoms with van der Waals surface area (Å²) in [4.78, 5) is 57.8. The molecule has 5 rings (SSSR count). The molecule has 1 unspecified atom stereocenters. The molecule has 228 valence electrons. The second-order valence-corrected chi connectivity index (χ2v) is 10.2. The number of carbonyl (C=O) groups is 3. The summed E-state index contributed by atoms with van der Waals surface area (Å²) in [6.07, 6.45) is 1.71. The molecule has 1 atom stereocenters.